The van der Waals surface area contributed by atoms with Gasteiger partial charge in [-0.2, -0.15) is 0 Å². The third-order valence-electron chi connectivity index (χ3n) is 3.39. The van der Waals surface area contributed by atoms with Crippen LogP contribution in [0.15, 0.2) is 18.2 Å². The molecule has 1 N–H and O–H groups in total. The summed E-state index contributed by atoms with van der Waals surface area (Å²) in [5.41, 5.74) is 0.418. The van der Waals surface area contributed by atoms with Crippen LogP contribution in [0.25, 0.3) is 0 Å². The minimum atomic E-state index is -0.776. The highest BCUT2D eigenvalue weighted by Crippen LogP contribution is 2.20. The number of nitrogens with one attached hydrogen (secondary N) is 1. The number of halogens is 2. The lowest BCUT2D eigenvalue weighted by Gasteiger charge is -2.25. The number of hydrogen-bond acceptors (Lipinski definition) is 2. The van der Waals surface area contributed by atoms with Gasteiger partial charge in [0.05, 0.1) is 0 Å². The fourth-order valence-electron chi connectivity index (χ4n) is 2.21. The first-order chi connectivity index (χ1) is 9.60. The van der Waals surface area contributed by atoms with Gasteiger partial charge in [0, 0.05) is 18.2 Å². The Kier molecular flexibility index (Phi) is 7.70. The monoisotopic (exact) mass is 284 g/mol. The quantitative estimate of drug-likeness (QED) is 0.743. The number of hydrogen-bond donors (Lipinski definition) is 1. The first-order valence-electron chi connectivity index (χ1n) is 7.46. The maximum absolute atomic E-state index is 13.9. The van der Waals surface area contributed by atoms with Crippen LogP contribution in [0.2, 0.25) is 0 Å². The van der Waals surface area contributed by atoms with Crippen LogP contribution in [0, 0.1) is 11.6 Å². The van der Waals surface area contributed by atoms with Gasteiger partial charge in [0.25, 0.3) is 0 Å². The molecule has 1 atom stereocenters. The standard InChI is InChI=1S/C16H26F2N2/c1-4-6-11-20(3)12-15(19-10-5-2)13-8-7-9-14(17)16(13)18/h7-9,15,19H,4-6,10-12H2,1-3H3. The molecule has 0 saturated carbocycles. The van der Waals surface area contributed by atoms with E-state index in [1.165, 1.54) is 0 Å². The normalized spacial score (nSPS) is 12.9. The first-order valence-corrected chi connectivity index (χ1v) is 7.46. The molecule has 0 amide bonds. The van der Waals surface area contributed by atoms with Crippen LogP contribution in [0.5, 0.6) is 0 Å². The third-order valence-corrected chi connectivity index (χ3v) is 3.39. The Morgan fingerprint density at radius 1 is 1.20 bits per heavy atom. The Morgan fingerprint density at radius 3 is 2.60 bits per heavy atom. The summed E-state index contributed by atoms with van der Waals surface area (Å²) in [5, 5.41) is 3.31. The Hall–Kier alpha value is -1.00. The molecule has 0 aromatic heterocycles. The predicted molar refractivity (Wildman–Crippen MR) is 79.8 cm³/mol. The van der Waals surface area contributed by atoms with Crippen molar-refractivity contribution < 1.29 is 8.78 Å². The van der Waals surface area contributed by atoms with Gasteiger partial charge in [-0.15, -0.1) is 0 Å². The average molecular weight is 284 g/mol. The second-order valence-corrected chi connectivity index (χ2v) is 5.27. The number of unbranched alkanes of at least 4 members (excludes halogenated alkanes) is 1. The Labute approximate surface area is 121 Å². The van der Waals surface area contributed by atoms with Crippen LogP contribution in [0.3, 0.4) is 0 Å². The van der Waals surface area contributed by atoms with Gasteiger partial charge in [0.1, 0.15) is 0 Å². The SMILES string of the molecule is CCCCN(C)CC(NCCC)c1cccc(F)c1F. The first kappa shape index (κ1) is 17.1. The largest absolute Gasteiger partial charge is 0.309 e. The summed E-state index contributed by atoms with van der Waals surface area (Å²) in [5.74, 6) is -1.51. The van der Waals surface area contributed by atoms with Gasteiger partial charge in [0.15, 0.2) is 11.6 Å². The highest BCUT2D eigenvalue weighted by atomic mass is 19.2. The Morgan fingerprint density at radius 2 is 1.95 bits per heavy atom. The fraction of sp³-hybridized carbons (Fsp3) is 0.625. The second kappa shape index (κ2) is 9.03. The molecule has 0 aliphatic carbocycles. The summed E-state index contributed by atoms with van der Waals surface area (Å²) in [6.07, 6.45) is 3.21. The zero-order valence-corrected chi connectivity index (χ0v) is 12.8. The predicted octanol–water partition coefficient (Wildman–Crippen LogP) is 3.74. The van der Waals surface area contributed by atoms with Crippen LogP contribution in [0.4, 0.5) is 8.78 Å². The van der Waals surface area contributed by atoms with Crippen molar-refractivity contribution in [3.05, 3.63) is 35.4 Å². The molecule has 0 aliphatic rings. The Bertz CT molecular complexity index is 396. The van der Waals surface area contributed by atoms with Crippen molar-refractivity contribution in [1.29, 1.82) is 0 Å². The van der Waals surface area contributed by atoms with Crippen molar-refractivity contribution >= 4 is 0 Å². The highest BCUT2D eigenvalue weighted by molar-refractivity contribution is 5.23. The van der Waals surface area contributed by atoms with Gasteiger partial charge in [-0.05, 0) is 39.0 Å². The van der Waals surface area contributed by atoms with Gasteiger partial charge in [-0.3, -0.25) is 0 Å². The summed E-state index contributed by atoms with van der Waals surface area (Å²) >= 11 is 0. The average Bonchev–Trinajstić information content (AvgIpc) is 2.44. The number of nitrogens with zero attached hydrogens (tertiary/aromatic N) is 1. The molecule has 1 unspecified atom stereocenters. The van der Waals surface area contributed by atoms with Crippen LogP contribution in [-0.2, 0) is 0 Å². The maximum atomic E-state index is 13.9. The molecular formula is C16H26F2N2. The van der Waals surface area contributed by atoms with Gasteiger partial charge >= 0.3 is 0 Å². The molecule has 0 fully saturated rings. The van der Waals surface area contributed by atoms with E-state index in [0.717, 1.165) is 38.4 Å². The molecule has 0 saturated heterocycles. The van der Waals surface area contributed by atoms with Crippen molar-refractivity contribution in [2.75, 3.05) is 26.7 Å². The van der Waals surface area contributed by atoms with E-state index in [2.05, 4.69) is 24.1 Å². The lowest BCUT2D eigenvalue weighted by atomic mass is 10.0. The van der Waals surface area contributed by atoms with E-state index in [4.69, 9.17) is 0 Å². The molecule has 2 nitrogen and oxygen atoms in total. The van der Waals surface area contributed by atoms with E-state index in [-0.39, 0.29) is 6.04 Å². The second-order valence-electron chi connectivity index (χ2n) is 5.27. The van der Waals surface area contributed by atoms with Gasteiger partial charge in [-0.25, -0.2) is 8.78 Å². The molecule has 1 aromatic carbocycles. The minimum absolute atomic E-state index is 0.174. The minimum Gasteiger partial charge on any atom is -0.309 e. The van der Waals surface area contributed by atoms with Crippen molar-refractivity contribution in [1.82, 2.24) is 10.2 Å². The van der Waals surface area contributed by atoms with Gasteiger partial charge in [0.2, 0.25) is 0 Å². The summed E-state index contributed by atoms with van der Waals surface area (Å²) in [7, 11) is 2.02. The molecule has 1 aromatic rings. The smallest absolute Gasteiger partial charge is 0.163 e. The van der Waals surface area contributed by atoms with E-state index < -0.39 is 11.6 Å². The van der Waals surface area contributed by atoms with E-state index >= 15 is 0 Å². The molecule has 114 valence electrons. The van der Waals surface area contributed by atoms with E-state index in [1.54, 1.807) is 12.1 Å². The van der Waals surface area contributed by atoms with E-state index in [9.17, 15) is 8.78 Å². The molecule has 0 spiro atoms. The molecule has 0 bridgehead atoms. The molecule has 0 aliphatic heterocycles. The lowest BCUT2D eigenvalue weighted by molar-refractivity contribution is 0.282. The fourth-order valence-corrected chi connectivity index (χ4v) is 2.21. The Balaban J connectivity index is 2.80. The molecule has 0 radical (unpaired) electrons. The molecule has 0 heterocycles. The zero-order valence-electron chi connectivity index (χ0n) is 12.8. The lowest BCUT2D eigenvalue weighted by Crippen LogP contribution is -2.34. The molecule has 4 heteroatoms. The number of rotatable bonds is 9. The molecule has 1 rings (SSSR count). The molecular weight excluding hydrogens is 258 g/mol. The zero-order chi connectivity index (χ0) is 15.0. The molecule has 20 heavy (non-hydrogen) atoms. The van der Waals surface area contributed by atoms with Crippen LogP contribution in [-0.4, -0.2) is 31.6 Å². The summed E-state index contributed by atoms with van der Waals surface area (Å²) < 4.78 is 27.3. The van der Waals surface area contributed by atoms with Crippen LogP contribution < -0.4 is 5.32 Å². The van der Waals surface area contributed by atoms with Crippen molar-refractivity contribution in [3.63, 3.8) is 0 Å². The number of benzene rings is 1. The summed E-state index contributed by atoms with van der Waals surface area (Å²) in [6, 6.07) is 4.23. The van der Waals surface area contributed by atoms with Crippen LogP contribution in [0.1, 0.15) is 44.7 Å². The van der Waals surface area contributed by atoms with E-state index in [0.29, 0.717) is 12.1 Å². The summed E-state index contributed by atoms with van der Waals surface area (Å²) in [4.78, 5) is 2.17. The van der Waals surface area contributed by atoms with Crippen LogP contribution >= 0.6 is 0 Å². The van der Waals surface area contributed by atoms with E-state index in [1.807, 2.05) is 7.05 Å². The maximum Gasteiger partial charge on any atom is 0.163 e. The number of likely N-dealkylation sites (N-methyl/N-ethyl adjacent to an activating group) is 1. The highest BCUT2D eigenvalue weighted by Gasteiger charge is 2.19. The summed E-state index contributed by atoms with van der Waals surface area (Å²) in [6.45, 7) is 6.65. The van der Waals surface area contributed by atoms with Crippen molar-refractivity contribution in [2.24, 2.45) is 0 Å². The van der Waals surface area contributed by atoms with Gasteiger partial charge in [-0.1, -0.05) is 32.4 Å². The van der Waals surface area contributed by atoms with Gasteiger partial charge < -0.3 is 10.2 Å². The van der Waals surface area contributed by atoms with Crippen molar-refractivity contribution in [2.45, 2.75) is 39.2 Å². The van der Waals surface area contributed by atoms with Crippen molar-refractivity contribution in [3.8, 4) is 0 Å². The topological polar surface area (TPSA) is 15.3 Å². The third kappa shape index (κ3) is 5.17.